The average molecular weight is 578 g/mol. The number of H-pyrrole nitrogens is 1. The summed E-state index contributed by atoms with van der Waals surface area (Å²) in [5.41, 5.74) is 3.53. The van der Waals surface area contributed by atoms with Crippen molar-refractivity contribution in [2.24, 2.45) is 0 Å². The van der Waals surface area contributed by atoms with Crippen LogP contribution in [0.2, 0.25) is 0 Å². The van der Waals surface area contributed by atoms with Gasteiger partial charge in [0.15, 0.2) is 0 Å². The van der Waals surface area contributed by atoms with E-state index in [4.69, 9.17) is 0 Å². The molecular weight excluding hydrogens is 542 g/mol. The highest BCUT2D eigenvalue weighted by Crippen LogP contribution is 2.22. The largest absolute Gasteiger partial charge is 0.361 e. The van der Waals surface area contributed by atoms with E-state index < -0.39 is 36.0 Å². The van der Waals surface area contributed by atoms with E-state index in [-0.39, 0.29) is 31.1 Å². The Hall–Kier alpha value is -4.92. The van der Waals surface area contributed by atoms with Gasteiger partial charge in [-0.15, -0.1) is 0 Å². The predicted molar refractivity (Wildman–Crippen MR) is 163 cm³/mol. The number of hydrogen-bond donors (Lipinski definition) is 4. The summed E-state index contributed by atoms with van der Waals surface area (Å²) in [5.74, 6) is -1.56. The fraction of sp³-hybridized carbons (Fsp3) is 0.294. The van der Waals surface area contributed by atoms with Crippen LogP contribution < -0.4 is 16.0 Å². The van der Waals surface area contributed by atoms with Crippen LogP contribution in [-0.4, -0.2) is 64.2 Å². The highest BCUT2D eigenvalue weighted by molar-refractivity contribution is 5.98. The van der Waals surface area contributed by atoms with Crippen LogP contribution in [0.3, 0.4) is 0 Å². The van der Waals surface area contributed by atoms with Gasteiger partial charge in [0.25, 0.3) is 0 Å². The SMILES string of the molecule is O=C1N[C@H](Cc2ccccc2)C(=O)N2CCC[C@H]2C(=O)N[C@H](Cc2ccccc2)C(=O)N[C@@H]1Cc1c[nH]c2ccccc12. The number of benzene rings is 3. The molecule has 2 fully saturated rings. The van der Waals surface area contributed by atoms with Crippen molar-refractivity contribution in [2.75, 3.05) is 6.54 Å². The predicted octanol–water partition coefficient (Wildman–Crippen LogP) is 2.65. The molecule has 2 aliphatic rings. The minimum absolute atomic E-state index is 0.201. The molecule has 3 heterocycles. The van der Waals surface area contributed by atoms with Gasteiger partial charge in [-0.2, -0.15) is 0 Å². The van der Waals surface area contributed by atoms with Gasteiger partial charge in [0.1, 0.15) is 24.2 Å². The molecule has 0 saturated carbocycles. The number of rotatable bonds is 6. The average Bonchev–Trinajstić information content (AvgIpc) is 3.68. The van der Waals surface area contributed by atoms with E-state index in [1.165, 1.54) is 0 Å². The minimum atomic E-state index is -0.984. The topological polar surface area (TPSA) is 123 Å². The first-order chi connectivity index (χ1) is 21.0. The molecule has 4 N–H and O–H groups in total. The summed E-state index contributed by atoms with van der Waals surface area (Å²) >= 11 is 0. The molecule has 0 unspecified atom stereocenters. The first kappa shape index (κ1) is 28.2. The quantitative estimate of drug-likeness (QED) is 0.281. The third kappa shape index (κ3) is 6.30. The molecule has 1 aromatic heterocycles. The second kappa shape index (κ2) is 12.5. The number of para-hydroxylation sites is 1. The Morgan fingerprint density at radius 2 is 1.19 bits per heavy atom. The maximum atomic E-state index is 14.0. The lowest BCUT2D eigenvalue weighted by atomic mass is 9.99. The molecular formula is C34H35N5O4. The van der Waals surface area contributed by atoms with E-state index in [1.807, 2.05) is 91.1 Å². The summed E-state index contributed by atoms with van der Waals surface area (Å²) in [6.45, 7) is 0.409. The summed E-state index contributed by atoms with van der Waals surface area (Å²) < 4.78 is 0. The van der Waals surface area contributed by atoms with Crippen molar-refractivity contribution >= 4 is 34.5 Å². The first-order valence-corrected chi connectivity index (χ1v) is 14.8. The molecule has 0 aliphatic carbocycles. The van der Waals surface area contributed by atoms with Gasteiger partial charge in [0, 0.05) is 42.9 Å². The molecule has 220 valence electrons. The van der Waals surface area contributed by atoms with Crippen LogP contribution in [-0.2, 0) is 38.4 Å². The van der Waals surface area contributed by atoms with E-state index in [2.05, 4.69) is 20.9 Å². The number of aromatic nitrogens is 1. The number of fused-ring (bicyclic) bond motifs is 2. The molecule has 2 aliphatic heterocycles. The fourth-order valence-corrected chi connectivity index (χ4v) is 6.15. The Morgan fingerprint density at radius 3 is 1.88 bits per heavy atom. The number of hydrogen-bond acceptors (Lipinski definition) is 4. The Balaban J connectivity index is 1.36. The zero-order chi connectivity index (χ0) is 29.8. The normalized spacial score (nSPS) is 23.1. The molecule has 0 bridgehead atoms. The van der Waals surface area contributed by atoms with Gasteiger partial charge in [-0.25, -0.2) is 0 Å². The fourth-order valence-electron chi connectivity index (χ4n) is 6.15. The number of carbonyl (C=O) groups is 4. The Kier molecular flexibility index (Phi) is 8.22. The van der Waals surface area contributed by atoms with Crippen molar-refractivity contribution in [2.45, 2.75) is 56.3 Å². The highest BCUT2D eigenvalue weighted by Gasteiger charge is 2.40. The Labute approximate surface area is 250 Å². The molecule has 0 spiro atoms. The van der Waals surface area contributed by atoms with Gasteiger partial charge in [-0.3, -0.25) is 19.2 Å². The lowest BCUT2D eigenvalue weighted by molar-refractivity contribution is -0.143. The number of aromatic amines is 1. The van der Waals surface area contributed by atoms with Crippen LogP contribution in [0.15, 0.2) is 91.1 Å². The van der Waals surface area contributed by atoms with E-state index >= 15 is 0 Å². The Bertz CT molecular complexity index is 1620. The molecule has 2 saturated heterocycles. The van der Waals surface area contributed by atoms with E-state index in [1.54, 1.807) is 4.90 Å². The molecule has 9 heteroatoms. The molecule has 3 aromatic carbocycles. The summed E-state index contributed by atoms with van der Waals surface area (Å²) in [6, 6.07) is 23.1. The van der Waals surface area contributed by atoms with Crippen molar-refractivity contribution in [3.05, 3.63) is 108 Å². The monoisotopic (exact) mass is 577 g/mol. The molecule has 43 heavy (non-hydrogen) atoms. The lowest BCUT2D eigenvalue weighted by Gasteiger charge is -2.32. The van der Waals surface area contributed by atoms with Crippen LogP contribution in [0, 0.1) is 0 Å². The van der Waals surface area contributed by atoms with Crippen LogP contribution in [0.1, 0.15) is 29.5 Å². The van der Waals surface area contributed by atoms with E-state index in [0.29, 0.717) is 19.4 Å². The smallest absolute Gasteiger partial charge is 0.246 e. The van der Waals surface area contributed by atoms with Crippen LogP contribution in [0.4, 0.5) is 0 Å². The van der Waals surface area contributed by atoms with Gasteiger partial charge in [0.2, 0.25) is 23.6 Å². The van der Waals surface area contributed by atoms with Crippen LogP contribution in [0.25, 0.3) is 10.9 Å². The third-order valence-corrected chi connectivity index (χ3v) is 8.38. The standard InChI is InChI=1S/C34H35N5O4/c40-31-27(18-22-10-3-1-4-11-22)37-33(42)30-16-9-17-39(30)34(43)29(19-23-12-5-2-6-13-23)38-32(41)28(36-31)20-24-21-35-26-15-8-7-14-25(24)26/h1-8,10-15,21,27-30,35H,9,16-20H2,(H,36,40)(H,37,42)(H,38,41)/t27-,28-,29-,30+/m1/s1. The number of carbonyl (C=O) groups excluding carboxylic acids is 4. The van der Waals surface area contributed by atoms with Crippen molar-refractivity contribution in [1.29, 1.82) is 0 Å². The summed E-state index contributed by atoms with van der Waals surface area (Å²) in [4.78, 5) is 60.3. The highest BCUT2D eigenvalue weighted by atomic mass is 16.2. The van der Waals surface area contributed by atoms with Crippen LogP contribution in [0.5, 0.6) is 0 Å². The zero-order valence-electron chi connectivity index (χ0n) is 23.8. The third-order valence-electron chi connectivity index (χ3n) is 8.38. The summed E-state index contributed by atoms with van der Waals surface area (Å²) in [7, 11) is 0. The summed E-state index contributed by atoms with van der Waals surface area (Å²) in [5, 5.41) is 9.78. The Morgan fingerprint density at radius 1 is 0.628 bits per heavy atom. The molecule has 6 rings (SSSR count). The molecule has 9 nitrogen and oxygen atoms in total. The van der Waals surface area contributed by atoms with Gasteiger partial charge >= 0.3 is 0 Å². The lowest BCUT2D eigenvalue weighted by Crippen LogP contribution is -2.62. The minimum Gasteiger partial charge on any atom is -0.361 e. The van der Waals surface area contributed by atoms with E-state index in [0.717, 1.165) is 27.6 Å². The van der Waals surface area contributed by atoms with Crippen molar-refractivity contribution in [3.8, 4) is 0 Å². The molecule has 4 atom stereocenters. The van der Waals surface area contributed by atoms with Crippen molar-refractivity contribution < 1.29 is 19.2 Å². The molecule has 4 amide bonds. The zero-order valence-corrected chi connectivity index (χ0v) is 23.8. The number of nitrogens with zero attached hydrogens (tertiary/aromatic N) is 1. The number of amides is 4. The van der Waals surface area contributed by atoms with Crippen molar-refractivity contribution in [1.82, 2.24) is 25.8 Å². The van der Waals surface area contributed by atoms with Gasteiger partial charge in [0.05, 0.1) is 0 Å². The maximum Gasteiger partial charge on any atom is 0.246 e. The van der Waals surface area contributed by atoms with E-state index in [9.17, 15) is 19.2 Å². The van der Waals surface area contributed by atoms with Gasteiger partial charge in [-0.05, 0) is 35.6 Å². The summed E-state index contributed by atoms with van der Waals surface area (Å²) in [6.07, 6.45) is 3.70. The van der Waals surface area contributed by atoms with Gasteiger partial charge in [-0.1, -0.05) is 78.9 Å². The molecule has 4 aromatic rings. The second-order valence-corrected chi connectivity index (χ2v) is 11.3. The molecule has 0 radical (unpaired) electrons. The number of nitrogens with one attached hydrogen (secondary N) is 4. The van der Waals surface area contributed by atoms with Crippen LogP contribution >= 0.6 is 0 Å². The van der Waals surface area contributed by atoms with Gasteiger partial charge < -0.3 is 25.8 Å². The maximum absolute atomic E-state index is 14.0. The second-order valence-electron chi connectivity index (χ2n) is 11.3. The van der Waals surface area contributed by atoms with Crippen molar-refractivity contribution in [3.63, 3.8) is 0 Å². The first-order valence-electron chi connectivity index (χ1n) is 14.8.